The van der Waals surface area contributed by atoms with Crippen LogP contribution in [0.4, 0.5) is 0 Å². The van der Waals surface area contributed by atoms with Crippen LogP contribution >= 0.6 is 11.8 Å². The topological polar surface area (TPSA) is 0 Å². The van der Waals surface area contributed by atoms with Gasteiger partial charge < -0.3 is 0 Å². The predicted molar refractivity (Wildman–Crippen MR) is 83.7 cm³/mol. The second-order valence-electron chi connectivity index (χ2n) is 4.29. The van der Waals surface area contributed by atoms with Crippen molar-refractivity contribution in [1.29, 1.82) is 0 Å². The molecule has 0 spiro atoms. The molecule has 0 rings (SSSR count). The summed E-state index contributed by atoms with van der Waals surface area (Å²) in [5.74, 6) is 2.24. The first-order chi connectivity index (χ1) is 8.20. The molecule has 0 atom stereocenters. The highest BCUT2D eigenvalue weighted by Crippen LogP contribution is 2.10. The Bertz CT molecular complexity index is 243. The molecule has 0 aromatic carbocycles. The summed E-state index contributed by atoms with van der Waals surface area (Å²) in [6, 6.07) is 0. The molecule has 96 valence electrons. The van der Waals surface area contributed by atoms with E-state index < -0.39 is 0 Å². The Hall–Kier alpha value is -0.690. The molecule has 0 aromatic heterocycles. The Morgan fingerprint density at radius 1 is 0.882 bits per heavy atom. The van der Waals surface area contributed by atoms with Crippen LogP contribution < -0.4 is 0 Å². The number of hydrogen-bond donors (Lipinski definition) is 0. The summed E-state index contributed by atoms with van der Waals surface area (Å²) in [6.07, 6.45) is 13.1. The molecular formula is C16H26S. The fraction of sp³-hybridized carbons (Fsp3) is 0.500. The van der Waals surface area contributed by atoms with E-state index in [-0.39, 0.29) is 0 Å². The Morgan fingerprint density at radius 2 is 1.29 bits per heavy atom. The van der Waals surface area contributed by atoms with E-state index >= 15 is 0 Å². The fourth-order valence-electron chi connectivity index (χ4n) is 1.33. The third-order valence-corrected chi connectivity index (χ3v) is 3.39. The van der Waals surface area contributed by atoms with E-state index in [2.05, 4.69) is 39.2 Å². The van der Waals surface area contributed by atoms with Gasteiger partial charge in [-0.15, -0.1) is 13.2 Å². The zero-order valence-corrected chi connectivity index (χ0v) is 12.2. The molecule has 0 amide bonds. The van der Waals surface area contributed by atoms with E-state index in [9.17, 15) is 0 Å². The molecule has 0 aromatic rings. The normalized spacial score (nSPS) is 12.6. The van der Waals surface area contributed by atoms with Crippen molar-refractivity contribution in [2.75, 3.05) is 11.5 Å². The smallest absolute Gasteiger partial charge is 0.0118 e. The molecule has 1 heteroatoms. The van der Waals surface area contributed by atoms with Crippen molar-refractivity contribution in [1.82, 2.24) is 0 Å². The van der Waals surface area contributed by atoms with Crippen LogP contribution in [-0.2, 0) is 0 Å². The molecule has 0 N–H and O–H groups in total. The lowest BCUT2D eigenvalue weighted by Crippen LogP contribution is -1.82. The molecule has 0 aliphatic carbocycles. The highest BCUT2D eigenvalue weighted by molar-refractivity contribution is 7.99. The van der Waals surface area contributed by atoms with E-state index in [0.717, 1.165) is 37.2 Å². The van der Waals surface area contributed by atoms with E-state index in [1.165, 1.54) is 11.1 Å². The minimum atomic E-state index is 1.09. The van der Waals surface area contributed by atoms with Gasteiger partial charge in [0.05, 0.1) is 0 Å². The molecule has 0 bridgehead atoms. The molecule has 0 aliphatic heterocycles. The van der Waals surface area contributed by atoms with Crippen LogP contribution in [0.5, 0.6) is 0 Å². The Labute approximate surface area is 112 Å². The Balaban J connectivity index is 3.62. The average Bonchev–Trinajstić information content (AvgIpc) is 2.33. The largest absolute Gasteiger partial charge is 0.154 e. The van der Waals surface area contributed by atoms with Crippen LogP contribution in [0.2, 0.25) is 0 Å². The first-order valence-corrected chi connectivity index (χ1v) is 7.47. The summed E-state index contributed by atoms with van der Waals surface area (Å²) in [5, 5.41) is 0. The Kier molecular flexibility index (Phi) is 11.3. The lowest BCUT2D eigenvalue weighted by atomic mass is 10.1. The van der Waals surface area contributed by atoms with Gasteiger partial charge in [0.1, 0.15) is 0 Å². The first-order valence-electron chi connectivity index (χ1n) is 6.31. The molecule has 17 heavy (non-hydrogen) atoms. The van der Waals surface area contributed by atoms with E-state index in [0.29, 0.717) is 0 Å². The van der Waals surface area contributed by atoms with Gasteiger partial charge in [-0.3, -0.25) is 0 Å². The van der Waals surface area contributed by atoms with Crippen LogP contribution in [0.1, 0.15) is 39.5 Å². The zero-order valence-electron chi connectivity index (χ0n) is 11.4. The molecule has 0 heterocycles. The van der Waals surface area contributed by atoms with Crippen molar-refractivity contribution in [3.8, 4) is 0 Å². The molecule has 0 fully saturated rings. The lowest BCUT2D eigenvalue weighted by Gasteiger charge is -2.00. The monoisotopic (exact) mass is 250 g/mol. The summed E-state index contributed by atoms with van der Waals surface area (Å²) in [4.78, 5) is 0. The van der Waals surface area contributed by atoms with Crippen molar-refractivity contribution < 1.29 is 0 Å². The SMILES string of the molecule is C=CCC/C(C)=C/CSC/C=C(\C)CCC=C. The first kappa shape index (κ1) is 16.3. The van der Waals surface area contributed by atoms with Crippen molar-refractivity contribution in [3.63, 3.8) is 0 Å². The maximum absolute atomic E-state index is 3.74. The van der Waals surface area contributed by atoms with Crippen LogP contribution in [0, 0.1) is 0 Å². The second-order valence-corrected chi connectivity index (χ2v) is 5.37. The summed E-state index contributed by atoms with van der Waals surface area (Å²) in [6.45, 7) is 11.9. The molecule has 0 unspecified atom stereocenters. The number of hydrogen-bond acceptors (Lipinski definition) is 1. The van der Waals surface area contributed by atoms with Gasteiger partial charge in [-0.1, -0.05) is 35.5 Å². The minimum absolute atomic E-state index is 1.09. The molecule has 0 saturated heterocycles. The maximum Gasteiger partial charge on any atom is 0.0118 e. The quantitative estimate of drug-likeness (QED) is 0.362. The third kappa shape index (κ3) is 11.6. The number of rotatable bonds is 10. The van der Waals surface area contributed by atoms with E-state index in [1.807, 2.05) is 23.9 Å². The molecule has 0 radical (unpaired) electrons. The standard InChI is InChI=1S/C16H26S/c1-5-7-9-15(3)11-13-17-14-12-16(4)10-8-6-2/h5-6,11-12H,1-2,7-10,13-14H2,3-4H3/b15-11+,16-12+. The number of thioether (sulfide) groups is 1. The highest BCUT2D eigenvalue weighted by Gasteiger charge is 1.90. The van der Waals surface area contributed by atoms with Crippen LogP contribution in [0.25, 0.3) is 0 Å². The maximum atomic E-state index is 3.74. The van der Waals surface area contributed by atoms with E-state index in [4.69, 9.17) is 0 Å². The highest BCUT2D eigenvalue weighted by atomic mass is 32.2. The summed E-state index contributed by atoms with van der Waals surface area (Å²) in [5.41, 5.74) is 2.95. The predicted octanol–water partition coefficient (Wildman–Crippen LogP) is 5.54. The summed E-state index contributed by atoms with van der Waals surface area (Å²) < 4.78 is 0. The van der Waals surface area contributed by atoms with Gasteiger partial charge in [0, 0.05) is 11.5 Å². The van der Waals surface area contributed by atoms with Crippen LogP contribution in [-0.4, -0.2) is 11.5 Å². The average molecular weight is 250 g/mol. The van der Waals surface area contributed by atoms with Gasteiger partial charge in [-0.25, -0.2) is 0 Å². The third-order valence-electron chi connectivity index (χ3n) is 2.58. The molecular weight excluding hydrogens is 224 g/mol. The summed E-state index contributed by atoms with van der Waals surface area (Å²) >= 11 is 1.97. The van der Waals surface area contributed by atoms with Crippen molar-refractivity contribution in [2.24, 2.45) is 0 Å². The van der Waals surface area contributed by atoms with Gasteiger partial charge >= 0.3 is 0 Å². The molecule has 0 saturated carbocycles. The van der Waals surface area contributed by atoms with Crippen molar-refractivity contribution >= 4 is 11.8 Å². The van der Waals surface area contributed by atoms with Gasteiger partial charge in [0.25, 0.3) is 0 Å². The summed E-state index contributed by atoms with van der Waals surface area (Å²) in [7, 11) is 0. The van der Waals surface area contributed by atoms with E-state index in [1.54, 1.807) is 0 Å². The lowest BCUT2D eigenvalue weighted by molar-refractivity contribution is 0.976. The fourth-order valence-corrected chi connectivity index (χ4v) is 2.27. The minimum Gasteiger partial charge on any atom is -0.154 e. The second kappa shape index (κ2) is 11.8. The van der Waals surface area contributed by atoms with Crippen molar-refractivity contribution in [2.45, 2.75) is 39.5 Å². The van der Waals surface area contributed by atoms with Gasteiger partial charge in [-0.05, 0) is 39.5 Å². The molecule has 0 aliphatic rings. The van der Waals surface area contributed by atoms with Gasteiger partial charge in [0.2, 0.25) is 0 Å². The Morgan fingerprint density at radius 3 is 1.65 bits per heavy atom. The number of allylic oxidation sites excluding steroid dienone is 4. The molecule has 0 nitrogen and oxygen atoms in total. The van der Waals surface area contributed by atoms with Gasteiger partial charge in [-0.2, -0.15) is 11.8 Å². The van der Waals surface area contributed by atoms with Crippen LogP contribution in [0.15, 0.2) is 48.6 Å². The zero-order chi connectivity index (χ0) is 12.9. The van der Waals surface area contributed by atoms with Crippen molar-refractivity contribution in [3.05, 3.63) is 48.6 Å². The van der Waals surface area contributed by atoms with Crippen LogP contribution in [0.3, 0.4) is 0 Å². The van der Waals surface area contributed by atoms with Gasteiger partial charge in [0.15, 0.2) is 0 Å².